The van der Waals surface area contributed by atoms with Gasteiger partial charge in [0.1, 0.15) is 37.3 Å². The molecule has 88 heavy (non-hydrogen) atoms. The molecule has 488 valence electrons. The topological polar surface area (TPSA) is 342 Å². The standard InChI is InChI=1S/C59H82N4O25/c1-9-18-80-55(69)51-47(36-44-12-10-11-13-45(44)62-51)63-58(71)82-37-43-14-15-48(86-56-54(85-42(5)67)53(84-41(4)66)52(83-40(3)65)49(87-56)38-81-39(2)64)46(35-43)61-50(68)16-19-72-21-23-74-25-27-76-29-31-78-33-34-79-32-30-77-28-26-75-24-22-73-20-17-60-57(70)88-59(6,7)8/h9-15,35-36,49,52-54,56H,1,16-34,37-38H2,2-8H3,(H,60,70)(H,61,68)(H,63,71)/t49-,52+,53+,54-,56-/m1/s1. The van der Waals surface area contributed by atoms with Crippen molar-refractivity contribution in [3.05, 3.63) is 72.4 Å². The zero-order chi connectivity index (χ0) is 64.1. The first-order valence-corrected chi connectivity index (χ1v) is 28.3. The smallest absolute Gasteiger partial charge is 0.412 e. The van der Waals surface area contributed by atoms with Crippen LogP contribution < -0.4 is 20.7 Å². The molecule has 1 aliphatic heterocycles. The number of hydrogen-bond acceptors (Lipinski definition) is 26. The van der Waals surface area contributed by atoms with Gasteiger partial charge in [0.25, 0.3) is 0 Å². The first kappa shape index (κ1) is 72.9. The Kier molecular flexibility index (Phi) is 33.8. The minimum atomic E-state index is -1.68. The number of benzene rings is 2. The monoisotopic (exact) mass is 1250 g/mol. The van der Waals surface area contributed by atoms with Crippen molar-refractivity contribution in [3.8, 4) is 5.75 Å². The number of nitrogens with zero attached hydrogens (tertiary/aromatic N) is 1. The van der Waals surface area contributed by atoms with Crippen molar-refractivity contribution < 1.29 is 119 Å². The van der Waals surface area contributed by atoms with Crippen LogP contribution in [0.15, 0.2) is 61.2 Å². The van der Waals surface area contributed by atoms with Crippen LogP contribution in [0, 0.1) is 0 Å². The molecule has 0 aliphatic carbocycles. The summed E-state index contributed by atoms with van der Waals surface area (Å²) < 4.78 is 94.2. The molecule has 3 aromatic rings. The van der Waals surface area contributed by atoms with E-state index in [4.69, 9.17) is 80.5 Å². The second kappa shape index (κ2) is 40.8. The molecule has 0 bridgehead atoms. The van der Waals surface area contributed by atoms with Crippen LogP contribution in [0.5, 0.6) is 5.75 Å². The molecule has 1 saturated heterocycles. The second-order valence-electron chi connectivity index (χ2n) is 19.8. The molecule has 1 aliphatic rings. The summed E-state index contributed by atoms with van der Waals surface area (Å²) in [6, 6.07) is 12.7. The third-order valence-electron chi connectivity index (χ3n) is 11.4. The molecule has 3 amide bonds. The lowest BCUT2D eigenvalue weighted by atomic mass is 9.98. The number of carbonyl (C=O) groups excluding carboxylic acids is 8. The van der Waals surface area contributed by atoms with Crippen LogP contribution in [-0.4, -0.2) is 215 Å². The van der Waals surface area contributed by atoms with Gasteiger partial charge >= 0.3 is 42.0 Å². The molecule has 0 spiro atoms. The number of amides is 3. The average molecular weight is 1250 g/mol. The lowest BCUT2D eigenvalue weighted by Gasteiger charge is -2.44. The zero-order valence-electron chi connectivity index (χ0n) is 50.8. The van der Waals surface area contributed by atoms with Crippen molar-refractivity contribution in [1.82, 2.24) is 10.3 Å². The van der Waals surface area contributed by atoms with Gasteiger partial charge in [-0.2, -0.15) is 0 Å². The van der Waals surface area contributed by atoms with Crippen molar-refractivity contribution in [1.29, 1.82) is 0 Å². The van der Waals surface area contributed by atoms with E-state index in [-0.39, 0.29) is 62.3 Å². The van der Waals surface area contributed by atoms with Crippen LogP contribution >= 0.6 is 0 Å². The molecule has 5 atom stereocenters. The number of nitrogens with one attached hydrogen (secondary N) is 3. The SMILES string of the molecule is C=CCOC(=O)c1nc2ccccc2cc1NC(=O)OCc1ccc(O[C@@H]2O[C@H](COC(C)=O)[C@H](OC(C)=O)[C@H](OC(C)=O)[C@H]2OC(C)=O)c(NC(=O)CCOCCOCCOCCOCCOCCOCCOCCOCCNC(=O)OC(C)(C)C)c1. The molecule has 1 aromatic heterocycles. The predicted molar refractivity (Wildman–Crippen MR) is 309 cm³/mol. The Hall–Kier alpha value is -7.61. The van der Waals surface area contributed by atoms with Gasteiger partial charge in [-0.3, -0.25) is 29.3 Å². The highest BCUT2D eigenvalue weighted by Gasteiger charge is 2.53. The van der Waals surface area contributed by atoms with Crippen LogP contribution in [0.2, 0.25) is 0 Å². The maximum Gasteiger partial charge on any atom is 0.412 e. The van der Waals surface area contributed by atoms with E-state index < -0.39 is 97.5 Å². The van der Waals surface area contributed by atoms with Gasteiger partial charge in [0.2, 0.25) is 18.3 Å². The number of aromatic nitrogens is 1. The molecular weight excluding hydrogens is 1160 g/mol. The number of carbonyl (C=O) groups is 8. The summed E-state index contributed by atoms with van der Waals surface area (Å²) in [6.07, 6.45) is -7.94. The van der Waals surface area contributed by atoms with Gasteiger partial charge in [-0.15, -0.1) is 0 Å². The quantitative estimate of drug-likeness (QED) is 0.0298. The normalized spacial score (nSPS) is 16.3. The van der Waals surface area contributed by atoms with E-state index in [1.165, 1.54) is 30.3 Å². The highest BCUT2D eigenvalue weighted by molar-refractivity contribution is 6.01. The lowest BCUT2D eigenvalue weighted by molar-refractivity contribution is -0.288. The molecule has 0 saturated carbocycles. The van der Waals surface area contributed by atoms with Gasteiger partial charge < -0.3 is 91.2 Å². The third-order valence-corrected chi connectivity index (χ3v) is 11.4. The van der Waals surface area contributed by atoms with Gasteiger partial charge in [-0.25, -0.2) is 19.4 Å². The van der Waals surface area contributed by atoms with E-state index in [0.717, 1.165) is 27.7 Å². The number of pyridine rings is 1. The minimum absolute atomic E-state index is 0.00217. The summed E-state index contributed by atoms with van der Waals surface area (Å²) in [5, 5.41) is 8.50. The van der Waals surface area contributed by atoms with Gasteiger partial charge in [-0.1, -0.05) is 36.9 Å². The molecule has 2 aromatic carbocycles. The Labute approximate surface area is 510 Å². The van der Waals surface area contributed by atoms with E-state index in [2.05, 4.69) is 27.5 Å². The third kappa shape index (κ3) is 29.9. The number of rotatable bonds is 41. The first-order valence-electron chi connectivity index (χ1n) is 28.3. The molecule has 0 unspecified atom stereocenters. The van der Waals surface area contributed by atoms with Crippen LogP contribution in [0.25, 0.3) is 10.9 Å². The molecule has 0 radical (unpaired) electrons. The summed E-state index contributed by atoms with van der Waals surface area (Å²) in [4.78, 5) is 105. The number of esters is 5. The predicted octanol–water partition coefficient (Wildman–Crippen LogP) is 4.77. The van der Waals surface area contributed by atoms with Gasteiger partial charge in [0.05, 0.1) is 129 Å². The second-order valence-corrected chi connectivity index (χ2v) is 19.8. The van der Waals surface area contributed by atoms with E-state index in [1.807, 2.05) is 0 Å². The Morgan fingerprint density at radius 2 is 1.11 bits per heavy atom. The fraction of sp³-hybridized carbons (Fsp3) is 0.576. The number of para-hydroxylation sites is 1. The molecule has 29 nitrogen and oxygen atoms in total. The molecule has 3 N–H and O–H groups in total. The van der Waals surface area contributed by atoms with Crippen LogP contribution in [0.4, 0.5) is 21.0 Å². The summed E-state index contributed by atoms with van der Waals surface area (Å²) in [7, 11) is 0. The van der Waals surface area contributed by atoms with E-state index in [9.17, 15) is 38.4 Å². The van der Waals surface area contributed by atoms with Crippen LogP contribution in [0.1, 0.15) is 70.9 Å². The first-order chi connectivity index (χ1) is 42.2. The fourth-order valence-electron chi connectivity index (χ4n) is 7.70. The van der Waals surface area contributed by atoms with Gasteiger partial charge in [0.15, 0.2) is 17.9 Å². The van der Waals surface area contributed by atoms with E-state index >= 15 is 0 Å². The van der Waals surface area contributed by atoms with Gasteiger partial charge in [0, 0.05) is 39.6 Å². The van der Waals surface area contributed by atoms with Crippen molar-refractivity contribution in [2.75, 3.05) is 136 Å². The zero-order valence-corrected chi connectivity index (χ0v) is 50.8. The number of ether oxygens (including phenoxy) is 17. The Bertz CT molecular complexity index is 2690. The summed E-state index contributed by atoms with van der Waals surface area (Å²) in [5.74, 6) is -4.80. The largest absolute Gasteiger partial charge is 0.463 e. The number of fused-ring (bicyclic) bond motifs is 1. The van der Waals surface area contributed by atoms with Crippen molar-refractivity contribution in [2.24, 2.45) is 0 Å². The maximum absolute atomic E-state index is 13.5. The number of anilines is 2. The average Bonchev–Trinajstić information content (AvgIpc) is 1.81. The van der Waals surface area contributed by atoms with Crippen LogP contribution in [0.3, 0.4) is 0 Å². The van der Waals surface area contributed by atoms with Crippen molar-refractivity contribution >= 4 is 70.2 Å². The van der Waals surface area contributed by atoms with Gasteiger partial charge in [-0.05, 0) is 50.6 Å². The number of hydrogen-bond donors (Lipinski definition) is 3. The highest BCUT2D eigenvalue weighted by atomic mass is 16.7. The van der Waals surface area contributed by atoms with Crippen LogP contribution in [-0.2, 0) is 106 Å². The molecule has 4 rings (SSSR count). The summed E-state index contributed by atoms with van der Waals surface area (Å²) >= 11 is 0. The van der Waals surface area contributed by atoms with Crippen molar-refractivity contribution in [2.45, 2.75) is 97.8 Å². The minimum Gasteiger partial charge on any atom is -0.463 e. The van der Waals surface area contributed by atoms with E-state index in [1.54, 1.807) is 45.0 Å². The molecule has 1 fully saturated rings. The Balaban J connectivity index is 1.24. The molecule has 2 heterocycles. The maximum atomic E-state index is 13.5. The van der Waals surface area contributed by atoms with E-state index in [0.29, 0.717) is 102 Å². The van der Waals surface area contributed by atoms with Crippen molar-refractivity contribution in [3.63, 3.8) is 0 Å². The Morgan fingerprint density at radius 3 is 1.66 bits per heavy atom. The molecule has 29 heteroatoms. The highest BCUT2D eigenvalue weighted by Crippen LogP contribution is 2.35. The molecular formula is C59H82N4O25. The lowest BCUT2D eigenvalue weighted by Crippen LogP contribution is -2.63. The fourth-order valence-corrected chi connectivity index (χ4v) is 7.70. The summed E-state index contributed by atoms with van der Waals surface area (Å²) in [6.45, 7) is 17.6. The Morgan fingerprint density at radius 1 is 0.580 bits per heavy atom. The summed E-state index contributed by atoms with van der Waals surface area (Å²) in [5.41, 5.74) is 0.0146. The number of alkyl carbamates (subject to hydrolysis) is 1.